The summed E-state index contributed by atoms with van der Waals surface area (Å²) in [5, 5.41) is 6.73. The molecule has 1 aromatic heterocycles. The Morgan fingerprint density at radius 3 is 2.68 bits per heavy atom. The van der Waals surface area contributed by atoms with Gasteiger partial charge in [-0.15, -0.1) is 0 Å². The number of para-hydroxylation sites is 2. The number of rotatable bonds is 7. The maximum atomic E-state index is 12.7. The van der Waals surface area contributed by atoms with Gasteiger partial charge in [-0.05, 0) is 31.4 Å². The van der Waals surface area contributed by atoms with Crippen LogP contribution in [0.25, 0.3) is 11.0 Å². The van der Waals surface area contributed by atoms with E-state index in [2.05, 4.69) is 25.6 Å². The van der Waals surface area contributed by atoms with Gasteiger partial charge >= 0.3 is 0 Å². The molecule has 1 aromatic carbocycles. The van der Waals surface area contributed by atoms with Gasteiger partial charge in [0.25, 0.3) is 0 Å². The maximum absolute atomic E-state index is 12.7. The number of imidazole rings is 1. The van der Waals surface area contributed by atoms with Crippen molar-refractivity contribution in [3.8, 4) is 0 Å². The number of guanidine groups is 1. The molecule has 28 heavy (non-hydrogen) atoms. The fourth-order valence-electron chi connectivity index (χ4n) is 4.05. The van der Waals surface area contributed by atoms with E-state index in [-0.39, 0.29) is 11.3 Å². The van der Waals surface area contributed by atoms with Gasteiger partial charge in [0.05, 0.1) is 16.4 Å². The zero-order valence-electron chi connectivity index (χ0n) is 17.2. The fourth-order valence-corrected chi connectivity index (χ4v) is 4.05. The molecule has 152 valence electrons. The Balaban J connectivity index is 1.46. The van der Waals surface area contributed by atoms with Crippen LogP contribution in [-0.4, -0.2) is 61.0 Å². The molecule has 1 amide bonds. The Hall–Kier alpha value is -2.57. The minimum Gasteiger partial charge on any atom is -0.356 e. The molecule has 0 unspecified atom stereocenters. The highest BCUT2D eigenvalue weighted by Gasteiger charge is 2.42. The quantitative estimate of drug-likeness (QED) is 0.388. The first-order valence-corrected chi connectivity index (χ1v) is 10.1. The second-order valence-electron chi connectivity index (χ2n) is 7.84. The Morgan fingerprint density at radius 2 is 2.00 bits per heavy atom. The van der Waals surface area contributed by atoms with Crippen LogP contribution < -0.4 is 10.6 Å². The van der Waals surface area contributed by atoms with Crippen LogP contribution in [0.1, 0.15) is 37.9 Å². The summed E-state index contributed by atoms with van der Waals surface area (Å²) in [6.45, 7) is 1.43. The van der Waals surface area contributed by atoms with Crippen LogP contribution in [0.3, 0.4) is 0 Å². The van der Waals surface area contributed by atoms with Gasteiger partial charge in [-0.25, -0.2) is 4.98 Å². The molecule has 2 aromatic rings. The molecule has 7 nitrogen and oxygen atoms in total. The topological polar surface area (TPSA) is 85.4 Å². The van der Waals surface area contributed by atoms with Crippen molar-refractivity contribution in [3.63, 3.8) is 0 Å². The van der Waals surface area contributed by atoms with Gasteiger partial charge in [0.2, 0.25) is 5.91 Å². The molecular weight excluding hydrogens is 352 g/mol. The lowest BCUT2D eigenvalue weighted by Crippen LogP contribution is -2.49. The average molecular weight is 385 g/mol. The summed E-state index contributed by atoms with van der Waals surface area (Å²) in [6, 6.07) is 8.08. The molecule has 0 bridgehead atoms. The number of hydrogen-bond donors (Lipinski definition) is 3. The number of benzene rings is 1. The standard InChI is InChI=1S/C21H32N6O/c1-22-20(24-15-21(12-6-7-13-21)19(28)27(2)3)23-14-8-11-18-25-16-9-4-5-10-17(16)26-18/h4-5,9-10H,6-8,11-15H2,1-3H3,(H,25,26)(H2,22,23,24). The smallest absolute Gasteiger partial charge is 0.230 e. The van der Waals surface area contributed by atoms with Crippen molar-refractivity contribution in [1.82, 2.24) is 25.5 Å². The lowest BCUT2D eigenvalue weighted by Gasteiger charge is -2.31. The molecule has 1 heterocycles. The monoisotopic (exact) mass is 384 g/mol. The number of fused-ring (bicyclic) bond motifs is 1. The predicted molar refractivity (Wildman–Crippen MR) is 113 cm³/mol. The van der Waals surface area contributed by atoms with Gasteiger partial charge in [0.15, 0.2) is 5.96 Å². The van der Waals surface area contributed by atoms with Crippen LogP contribution in [0.15, 0.2) is 29.3 Å². The number of aromatic nitrogens is 2. The number of aryl methyl sites for hydroxylation is 1. The van der Waals surface area contributed by atoms with Crippen molar-refractivity contribution in [2.24, 2.45) is 10.4 Å². The van der Waals surface area contributed by atoms with E-state index >= 15 is 0 Å². The molecule has 1 aliphatic rings. The largest absolute Gasteiger partial charge is 0.356 e. The minimum absolute atomic E-state index is 0.220. The van der Waals surface area contributed by atoms with E-state index in [0.29, 0.717) is 6.54 Å². The van der Waals surface area contributed by atoms with Gasteiger partial charge in [0.1, 0.15) is 5.82 Å². The predicted octanol–water partition coefficient (Wildman–Crippen LogP) is 2.31. The van der Waals surface area contributed by atoms with Gasteiger partial charge in [0, 0.05) is 40.7 Å². The van der Waals surface area contributed by atoms with E-state index in [4.69, 9.17) is 0 Å². The van der Waals surface area contributed by atoms with Crippen LogP contribution in [0.5, 0.6) is 0 Å². The molecule has 0 atom stereocenters. The van der Waals surface area contributed by atoms with Gasteiger partial charge in [-0.3, -0.25) is 9.79 Å². The second kappa shape index (κ2) is 9.08. The van der Waals surface area contributed by atoms with Crippen LogP contribution in [0.2, 0.25) is 0 Å². The minimum atomic E-state index is -0.296. The lowest BCUT2D eigenvalue weighted by atomic mass is 9.84. The zero-order chi connectivity index (χ0) is 20.0. The third-order valence-electron chi connectivity index (χ3n) is 5.56. The first-order valence-electron chi connectivity index (χ1n) is 10.1. The zero-order valence-corrected chi connectivity index (χ0v) is 17.2. The molecule has 1 saturated carbocycles. The van der Waals surface area contributed by atoms with Crippen molar-refractivity contribution < 1.29 is 4.79 Å². The third-order valence-corrected chi connectivity index (χ3v) is 5.56. The number of aliphatic imine (C=N–C) groups is 1. The van der Waals surface area contributed by atoms with Crippen LogP contribution >= 0.6 is 0 Å². The van der Waals surface area contributed by atoms with Crippen molar-refractivity contribution >= 4 is 22.9 Å². The number of carbonyl (C=O) groups is 1. The maximum Gasteiger partial charge on any atom is 0.230 e. The first kappa shape index (κ1) is 20.2. The number of amides is 1. The highest BCUT2D eigenvalue weighted by Crippen LogP contribution is 2.38. The van der Waals surface area contributed by atoms with E-state index < -0.39 is 0 Å². The molecule has 7 heteroatoms. The van der Waals surface area contributed by atoms with Crippen molar-refractivity contribution in [2.45, 2.75) is 38.5 Å². The van der Waals surface area contributed by atoms with Gasteiger partial charge < -0.3 is 20.5 Å². The number of hydrogen-bond acceptors (Lipinski definition) is 3. The molecule has 1 aliphatic carbocycles. The summed E-state index contributed by atoms with van der Waals surface area (Å²) in [4.78, 5) is 26.7. The van der Waals surface area contributed by atoms with Crippen LogP contribution in [0.4, 0.5) is 0 Å². The van der Waals surface area contributed by atoms with Gasteiger partial charge in [-0.2, -0.15) is 0 Å². The normalized spacial score (nSPS) is 16.3. The van der Waals surface area contributed by atoms with E-state index in [0.717, 1.165) is 67.9 Å². The summed E-state index contributed by atoms with van der Waals surface area (Å²) in [5.74, 6) is 1.98. The highest BCUT2D eigenvalue weighted by molar-refractivity contribution is 5.85. The number of nitrogens with zero attached hydrogens (tertiary/aromatic N) is 3. The Labute approximate surface area is 167 Å². The van der Waals surface area contributed by atoms with E-state index in [9.17, 15) is 4.79 Å². The second-order valence-corrected chi connectivity index (χ2v) is 7.84. The summed E-state index contributed by atoms with van der Waals surface area (Å²) >= 11 is 0. The molecule has 0 aliphatic heterocycles. The fraction of sp³-hybridized carbons (Fsp3) is 0.571. The first-order chi connectivity index (χ1) is 13.5. The van der Waals surface area contributed by atoms with E-state index in [1.807, 2.05) is 38.4 Å². The van der Waals surface area contributed by atoms with Crippen molar-refractivity contribution in [3.05, 3.63) is 30.1 Å². The molecule has 0 radical (unpaired) electrons. The summed E-state index contributed by atoms with van der Waals surface area (Å²) in [6.07, 6.45) is 5.94. The molecule has 0 spiro atoms. The summed E-state index contributed by atoms with van der Waals surface area (Å²) < 4.78 is 0. The Kier molecular flexibility index (Phi) is 6.54. The third kappa shape index (κ3) is 4.64. The van der Waals surface area contributed by atoms with Gasteiger partial charge in [-0.1, -0.05) is 25.0 Å². The van der Waals surface area contributed by atoms with Crippen molar-refractivity contribution in [2.75, 3.05) is 34.2 Å². The van der Waals surface area contributed by atoms with E-state index in [1.165, 1.54) is 0 Å². The van der Waals surface area contributed by atoms with Crippen molar-refractivity contribution in [1.29, 1.82) is 0 Å². The Morgan fingerprint density at radius 1 is 1.25 bits per heavy atom. The molecule has 3 N–H and O–H groups in total. The summed E-state index contributed by atoms with van der Waals surface area (Å²) in [7, 11) is 5.45. The lowest BCUT2D eigenvalue weighted by molar-refractivity contribution is -0.138. The van der Waals surface area contributed by atoms with E-state index in [1.54, 1.807) is 11.9 Å². The molecule has 0 saturated heterocycles. The number of carbonyl (C=O) groups excluding carboxylic acids is 1. The SMILES string of the molecule is CN=C(NCCCc1nc2ccccc2[nH]1)NCC1(C(=O)N(C)C)CCCC1. The molecular formula is C21H32N6O. The number of aromatic amines is 1. The van der Waals surface area contributed by atoms with Crippen LogP contribution in [-0.2, 0) is 11.2 Å². The summed E-state index contributed by atoms with van der Waals surface area (Å²) in [5.41, 5.74) is 1.79. The average Bonchev–Trinajstić information content (AvgIpc) is 3.34. The molecule has 3 rings (SSSR count). The highest BCUT2D eigenvalue weighted by atomic mass is 16.2. The molecule has 1 fully saturated rings. The number of H-pyrrole nitrogens is 1. The number of nitrogens with one attached hydrogen (secondary N) is 3. The van der Waals surface area contributed by atoms with Crippen LogP contribution in [0, 0.1) is 5.41 Å². The Bertz CT molecular complexity index is 786.